The fourth-order valence-corrected chi connectivity index (χ4v) is 0.996. The first-order chi connectivity index (χ1) is 8.04. The lowest BCUT2D eigenvalue weighted by atomic mass is 10.2. The van der Waals surface area contributed by atoms with E-state index >= 15 is 0 Å². The van der Waals surface area contributed by atoms with Crippen LogP contribution >= 0.6 is 0 Å². The number of benzene rings is 1. The summed E-state index contributed by atoms with van der Waals surface area (Å²) in [5.41, 5.74) is -0.0760. The van der Waals surface area contributed by atoms with Gasteiger partial charge in [-0.1, -0.05) is 0 Å². The summed E-state index contributed by atoms with van der Waals surface area (Å²) < 4.78 is 0. The van der Waals surface area contributed by atoms with Gasteiger partial charge in [0.25, 0.3) is 0 Å². The summed E-state index contributed by atoms with van der Waals surface area (Å²) in [6.07, 6.45) is 1.04. The maximum Gasteiger partial charge on any atom is 0.335 e. The van der Waals surface area contributed by atoms with Crippen molar-refractivity contribution >= 4 is 17.9 Å². The van der Waals surface area contributed by atoms with Crippen molar-refractivity contribution in [3.05, 3.63) is 51.8 Å². The zero-order valence-corrected chi connectivity index (χ0v) is 8.49. The summed E-state index contributed by atoms with van der Waals surface area (Å²) >= 11 is 0. The number of hydrogen-bond donors (Lipinski definition) is 2. The van der Waals surface area contributed by atoms with Gasteiger partial charge in [-0.15, -0.1) is 0 Å². The summed E-state index contributed by atoms with van der Waals surface area (Å²) in [4.78, 5) is 30.3. The summed E-state index contributed by atoms with van der Waals surface area (Å²) in [6, 6.07) is 5.54. The first kappa shape index (κ1) is 12.4. The van der Waals surface area contributed by atoms with Gasteiger partial charge >= 0.3 is 11.7 Å². The molecule has 0 unspecified atom stereocenters. The third-order valence-electron chi connectivity index (χ3n) is 1.85. The Hall–Kier alpha value is -2.70. The number of rotatable bonds is 5. The molecule has 0 spiro atoms. The van der Waals surface area contributed by atoms with Crippen molar-refractivity contribution in [1.29, 1.82) is 0 Å². The van der Waals surface area contributed by atoms with E-state index in [2.05, 4.69) is 5.32 Å². The third-order valence-corrected chi connectivity index (χ3v) is 1.85. The Labute approximate surface area is 95.5 Å². The Morgan fingerprint density at radius 2 is 1.94 bits per heavy atom. The van der Waals surface area contributed by atoms with Crippen LogP contribution in [0, 0.1) is 10.1 Å². The standard InChI is InChI=1S/C10H8N2O5/c13-6-9(12(16)17)5-11-8-3-1-7(2-4-8)10(14)15/h1-6,11H,(H,14,15)/b9-5+. The monoisotopic (exact) mass is 236 g/mol. The van der Waals surface area contributed by atoms with E-state index in [-0.39, 0.29) is 11.8 Å². The zero-order valence-electron chi connectivity index (χ0n) is 8.49. The van der Waals surface area contributed by atoms with Crippen LogP contribution in [0.15, 0.2) is 36.2 Å². The molecule has 0 aromatic heterocycles. The van der Waals surface area contributed by atoms with E-state index in [0.29, 0.717) is 5.69 Å². The van der Waals surface area contributed by atoms with Gasteiger partial charge in [-0.25, -0.2) is 4.79 Å². The van der Waals surface area contributed by atoms with Crippen LogP contribution in [0.2, 0.25) is 0 Å². The average molecular weight is 236 g/mol. The molecular weight excluding hydrogens is 228 g/mol. The Bertz CT molecular complexity index is 478. The van der Waals surface area contributed by atoms with E-state index in [4.69, 9.17) is 5.11 Å². The second-order valence-electron chi connectivity index (χ2n) is 2.97. The zero-order chi connectivity index (χ0) is 12.8. The number of nitrogens with zero attached hydrogens (tertiary/aromatic N) is 1. The SMILES string of the molecule is O=C/C(=C\Nc1ccc(C(=O)O)cc1)[N+](=O)[O-]. The van der Waals surface area contributed by atoms with E-state index in [1.165, 1.54) is 24.3 Å². The second kappa shape index (κ2) is 5.40. The minimum atomic E-state index is -1.06. The molecule has 0 heterocycles. The predicted molar refractivity (Wildman–Crippen MR) is 58.2 cm³/mol. The molecule has 0 radical (unpaired) electrons. The van der Waals surface area contributed by atoms with Gasteiger partial charge in [0.2, 0.25) is 6.29 Å². The molecule has 88 valence electrons. The molecular formula is C10H8N2O5. The fraction of sp³-hybridized carbons (Fsp3) is 0. The highest BCUT2D eigenvalue weighted by atomic mass is 16.6. The number of nitro groups is 1. The number of aldehydes is 1. The van der Waals surface area contributed by atoms with Gasteiger partial charge in [-0.05, 0) is 24.3 Å². The summed E-state index contributed by atoms with van der Waals surface area (Å²) in [5.74, 6) is -1.06. The Morgan fingerprint density at radius 1 is 1.35 bits per heavy atom. The molecule has 0 amide bonds. The van der Waals surface area contributed by atoms with Gasteiger partial charge in [-0.3, -0.25) is 14.9 Å². The number of carbonyl (C=O) groups excluding carboxylic acids is 1. The number of nitrogens with one attached hydrogen (secondary N) is 1. The van der Waals surface area contributed by atoms with Crippen molar-refractivity contribution in [2.45, 2.75) is 0 Å². The van der Waals surface area contributed by atoms with Crippen LogP contribution in [-0.4, -0.2) is 22.3 Å². The lowest BCUT2D eigenvalue weighted by Crippen LogP contribution is -2.03. The Morgan fingerprint density at radius 3 is 2.35 bits per heavy atom. The van der Waals surface area contributed by atoms with Crippen LogP contribution in [0.4, 0.5) is 5.69 Å². The summed E-state index contributed by atoms with van der Waals surface area (Å²) in [5, 5.41) is 21.4. The molecule has 1 aromatic rings. The van der Waals surface area contributed by atoms with Crippen LogP contribution in [0.1, 0.15) is 10.4 Å². The minimum absolute atomic E-state index is 0.101. The number of allylic oxidation sites excluding steroid dienone is 1. The number of carboxylic acid groups (broad SMARTS) is 1. The first-order valence-corrected chi connectivity index (χ1v) is 4.44. The van der Waals surface area contributed by atoms with Crippen LogP contribution in [-0.2, 0) is 4.79 Å². The highest BCUT2D eigenvalue weighted by molar-refractivity contribution is 5.88. The lowest BCUT2D eigenvalue weighted by Gasteiger charge is -2.00. The quantitative estimate of drug-likeness (QED) is 0.343. The number of carboxylic acids is 1. The van der Waals surface area contributed by atoms with Gasteiger partial charge in [0, 0.05) is 5.69 Å². The van der Waals surface area contributed by atoms with Crippen LogP contribution in [0.5, 0.6) is 0 Å². The molecule has 0 aliphatic heterocycles. The molecule has 0 bridgehead atoms. The van der Waals surface area contributed by atoms with E-state index in [1.54, 1.807) is 0 Å². The molecule has 0 fully saturated rings. The summed E-state index contributed by atoms with van der Waals surface area (Å²) in [6.45, 7) is 0. The maximum atomic E-state index is 10.5. The van der Waals surface area contributed by atoms with Gasteiger partial charge in [0.15, 0.2) is 0 Å². The number of carbonyl (C=O) groups is 2. The number of anilines is 1. The van der Waals surface area contributed by atoms with Crippen molar-refractivity contribution in [1.82, 2.24) is 0 Å². The normalized spacial score (nSPS) is 10.7. The number of aromatic carboxylic acids is 1. The Balaban J connectivity index is 2.79. The molecule has 0 saturated heterocycles. The van der Waals surface area contributed by atoms with Crippen LogP contribution in [0.25, 0.3) is 0 Å². The van der Waals surface area contributed by atoms with E-state index in [1.807, 2.05) is 0 Å². The molecule has 1 aromatic carbocycles. The molecule has 0 aliphatic rings. The Kier molecular flexibility index (Phi) is 3.93. The highest BCUT2D eigenvalue weighted by Crippen LogP contribution is 2.09. The van der Waals surface area contributed by atoms with Crippen molar-refractivity contribution < 1.29 is 19.6 Å². The van der Waals surface area contributed by atoms with Gasteiger partial charge in [0.1, 0.15) is 0 Å². The van der Waals surface area contributed by atoms with E-state index in [9.17, 15) is 19.7 Å². The first-order valence-electron chi connectivity index (χ1n) is 4.44. The van der Waals surface area contributed by atoms with Crippen LogP contribution in [0.3, 0.4) is 0 Å². The van der Waals surface area contributed by atoms with Gasteiger partial charge in [0.05, 0.1) is 16.7 Å². The highest BCUT2D eigenvalue weighted by Gasteiger charge is 2.07. The minimum Gasteiger partial charge on any atom is -0.478 e. The third kappa shape index (κ3) is 3.42. The second-order valence-corrected chi connectivity index (χ2v) is 2.97. The number of hydrogen-bond acceptors (Lipinski definition) is 5. The molecule has 7 heteroatoms. The summed E-state index contributed by atoms with van der Waals surface area (Å²) in [7, 11) is 0. The molecule has 1 rings (SSSR count). The molecule has 0 aliphatic carbocycles. The van der Waals surface area contributed by atoms with Crippen molar-refractivity contribution in [2.75, 3.05) is 5.32 Å². The van der Waals surface area contributed by atoms with Crippen molar-refractivity contribution in [2.24, 2.45) is 0 Å². The van der Waals surface area contributed by atoms with Gasteiger partial charge in [-0.2, -0.15) is 0 Å². The van der Waals surface area contributed by atoms with E-state index in [0.717, 1.165) is 6.20 Å². The largest absolute Gasteiger partial charge is 0.478 e. The van der Waals surface area contributed by atoms with Crippen LogP contribution < -0.4 is 5.32 Å². The molecule has 2 N–H and O–H groups in total. The fourth-order valence-electron chi connectivity index (χ4n) is 0.996. The molecule has 7 nitrogen and oxygen atoms in total. The smallest absolute Gasteiger partial charge is 0.335 e. The van der Waals surface area contributed by atoms with Gasteiger partial charge < -0.3 is 10.4 Å². The molecule has 17 heavy (non-hydrogen) atoms. The van der Waals surface area contributed by atoms with Crippen molar-refractivity contribution in [3.8, 4) is 0 Å². The van der Waals surface area contributed by atoms with E-state index < -0.39 is 16.6 Å². The maximum absolute atomic E-state index is 10.5. The predicted octanol–water partition coefficient (Wildman–Crippen LogP) is 1.11. The molecule has 0 saturated carbocycles. The topological polar surface area (TPSA) is 110 Å². The van der Waals surface area contributed by atoms with Crippen molar-refractivity contribution in [3.63, 3.8) is 0 Å². The lowest BCUT2D eigenvalue weighted by molar-refractivity contribution is -0.417. The average Bonchev–Trinajstić information content (AvgIpc) is 2.30. The molecule has 0 atom stereocenters.